The van der Waals surface area contributed by atoms with Gasteiger partial charge in [0, 0.05) is 18.5 Å². The summed E-state index contributed by atoms with van der Waals surface area (Å²) in [6.45, 7) is 4.58. The summed E-state index contributed by atoms with van der Waals surface area (Å²) in [5.41, 5.74) is 5.78. The molecular weight excluding hydrogens is 416 g/mol. The number of anilines is 2. The molecule has 10 heteroatoms. The fraction of sp³-hybridized carbons (Fsp3) is 0.381. The minimum absolute atomic E-state index is 0.0116. The lowest BCUT2D eigenvalue weighted by atomic mass is 10.2. The lowest BCUT2D eigenvalue weighted by Gasteiger charge is -2.24. The molecule has 0 aliphatic rings. The summed E-state index contributed by atoms with van der Waals surface area (Å²) >= 11 is 1.28. The Kier molecular flexibility index (Phi) is 7.45. The van der Waals surface area contributed by atoms with Gasteiger partial charge in [0.25, 0.3) is 5.56 Å². The van der Waals surface area contributed by atoms with Gasteiger partial charge in [-0.1, -0.05) is 50.2 Å². The average Bonchev–Trinajstić information content (AvgIpc) is 2.77. The number of H-pyrrole nitrogens is 1. The lowest BCUT2D eigenvalue weighted by molar-refractivity contribution is -0.116. The maximum absolute atomic E-state index is 13.2. The van der Waals surface area contributed by atoms with Crippen LogP contribution in [0.2, 0.25) is 0 Å². The van der Waals surface area contributed by atoms with Crippen LogP contribution in [0.25, 0.3) is 10.9 Å². The molecule has 0 saturated heterocycles. The fourth-order valence-electron chi connectivity index (χ4n) is 3.26. The maximum atomic E-state index is 13.2. The van der Waals surface area contributed by atoms with Crippen molar-refractivity contribution in [2.45, 2.75) is 44.7 Å². The van der Waals surface area contributed by atoms with E-state index in [4.69, 9.17) is 5.73 Å². The number of carbonyl (C=O) groups excluding carboxylic acids is 1. The number of rotatable bonds is 9. The van der Waals surface area contributed by atoms with Crippen molar-refractivity contribution >= 4 is 40.1 Å². The predicted molar refractivity (Wildman–Crippen MR) is 124 cm³/mol. The van der Waals surface area contributed by atoms with Crippen molar-refractivity contribution in [1.29, 1.82) is 0 Å². The van der Waals surface area contributed by atoms with E-state index in [1.54, 1.807) is 0 Å². The predicted octanol–water partition coefficient (Wildman–Crippen LogP) is 2.40. The Morgan fingerprint density at radius 3 is 2.71 bits per heavy atom. The molecule has 3 N–H and O–H groups in total. The van der Waals surface area contributed by atoms with Crippen molar-refractivity contribution in [3.05, 3.63) is 51.4 Å². The van der Waals surface area contributed by atoms with E-state index >= 15 is 0 Å². The first kappa shape index (κ1) is 22.5. The number of fused-ring (bicyclic) bond motifs is 1. The van der Waals surface area contributed by atoms with E-state index in [2.05, 4.69) is 15.0 Å². The van der Waals surface area contributed by atoms with Crippen LogP contribution in [0.3, 0.4) is 0 Å². The number of hydrogen-bond acceptors (Lipinski definition) is 7. The number of unbranched alkanes of at least 4 members (excludes halogenated alkanes) is 1. The molecule has 1 aromatic carbocycles. The van der Waals surface area contributed by atoms with E-state index in [1.165, 1.54) is 27.6 Å². The van der Waals surface area contributed by atoms with Crippen molar-refractivity contribution < 1.29 is 4.79 Å². The molecule has 31 heavy (non-hydrogen) atoms. The topological polar surface area (TPSA) is 127 Å². The SMILES string of the molecule is CCCCN(C(=O)CSc1ncnc2ccccc12)c1c(N)n(CCC)c(=O)[nH]c1=O. The van der Waals surface area contributed by atoms with Gasteiger partial charge in [0.2, 0.25) is 5.91 Å². The maximum Gasteiger partial charge on any atom is 0.330 e. The van der Waals surface area contributed by atoms with Gasteiger partial charge in [-0.3, -0.25) is 19.1 Å². The largest absolute Gasteiger partial charge is 0.383 e. The van der Waals surface area contributed by atoms with Crippen molar-refractivity contribution in [2.24, 2.45) is 0 Å². The first-order valence-corrected chi connectivity index (χ1v) is 11.2. The summed E-state index contributed by atoms with van der Waals surface area (Å²) in [5.74, 6) is -0.200. The molecule has 0 atom stereocenters. The third kappa shape index (κ3) is 4.96. The number of hydrogen-bond donors (Lipinski definition) is 2. The Morgan fingerprint density at radius 1 is 1.19 bits per heavy atom. The van der Waals surface area contributed by atoms with Crippen LogP contribution in [0.15, 0.2) is 45.2 Å². The monoisotopic (exact) mass is 442 g/mol. The van der Waals surface area contributed by atoms with Crippen LogP contribution in [-0.4, -0.2) is 37.7 Å². The molecule has 164 valence electrons. The standard InChI is InChI=1S/C21H26N6O3S/c1-3-5-11-26(17-18(22)27(10-4-2)21(30)25-19(17)29)16(28)12-31-20-14-8-6-7-9-15(14)23-13-24-20/h6-9,13H,3-5,10-12,22H2,1-2H3,(H,25,29,30). The van der Waals surface area contributed by atoms with E-state index in [1.807, 2.05) is 38.1 Å². The Bertz CT molecular complexity index is 1180. The van der Waals surface area contributed by atoms with Crippen molar-refractivity contribution in [2.75, 3.05) is 22.9 Å². The number of nitrogens with zero attached hydrogens (tertiary/aromatic N) is 4. The van der Waals surface area contributed by atoms with Crippen LogP contribution in [0.1, 0.15) is 33.1 Å². The van der Waals surface area contributed by atoms with E-state index in [-0.39, 0.29) is 23.2 Å². The highest BCUT2D eigenvalue weighted by atomic mass is 32.2. The highest BCUT2D eigenvalue weighted by molar-refractivity contribution is 8.00. The summed E-state index contributed by atoms with van der Waals surface area (Å²) in [4.78, 5) is 50.2. The number of benzene rings is 1. The van der Waals surface area contributed by atoms with Crippen LogP contribution < -0.4 is 21.9 Å². The molecule has 3 rings (SSSR count). The fourth-order valence-corrected chi connectivity index (χ4v) is 4.13. The van der Waals surface area contributed by atoms with Gasteiger partial charge in [0.05, 0.1) is 11.3 Å². The molecule has 0 unspecified atom stereocenters. The van der Waals surface area contributed by atoms with Gasteiger partial charge in [-0.2, -0.15) is 0 Å². The number of thioether (sulfide) groups is 1. The molecule has 2 heterocycles. The zero-order valence-corrected chi connectivity index (χ0v) is 18.4. The summed E-state index contributed by atoms with van der Waals surface area (Å²) in [6.07, 6.45) is 3.65. The summed E-state index contributed by atoms with van der Waals surface area (Å²) in [5, 5.41) is 1.55. The van der Waals surface area contributed by atoms with Crippen LogP contribution in [0, 0.1) is 0 Å². The molecule has 1 amide bonds. The summed E-state index contributed by atoms with van der Waals surface area (Å²) < 4.78 is 1.30. The molecule has 0 fully saturated rings. The van der Waals surface area contributed by atoms with Gasteiger partial charge in [-0.25, -0.2) is 14.8 Å². The Morgan fingerprint density at radius 2 is 1.97 bits per heavy atom. The van der Waals surface area contributed by atoms with Gasteiger partial charge >= 0.3 is 5.69 Å². The smallest absolute Gasteiger partial charge is 0.330 e. The molecule has 3 aromatic rings. The quantitative estimate of drug-likeness (QED) is 0.385. The van der Waals surface area contributed by atoms with Crippen molar-refractivity contribution in [1.82, 2.24) is 19.5 Å². The van der Waals surface area contributed by atoms with Gasteiger partial charge in [-0.05, 0) is 18.9 Å². The zero-order chi connectivity index (χ0) is 22.4. The van der Waals surface area contributed by atoms with Crippen molar-refractivity contribution in [3.63, 3.8) is 0 Å². The Hall–Kier alpha value is -3.14. The average molecular weight is 443 g/mol. The number of nitrogen functional groups attached to an aromatic ring is 1. The third-order valence-electron chi connectivity index (χ3n) is 4.81. The number of nitrogens with one attached hydrogen (secondary N) is 1. The minimum Gasteiger partial charge on any atom is -0.383 e. The molecule has 0 aliphatic heterocycles. The van der Waals surface area contributed by atoms with Crippen LogP contribution >= 0.6 is 11.8 Å². The summed E-state index contributed by atoms with van der Waals surface area (Å²) in [7, 11) is 0. The molecule has 0 spiro atoms. The molecule has 0 bridgehead atoms. The molecule has 0 radical (unpaired) electrons. The Balaban J connectivity index is 1.92. The third-order valence-corrected chi connectivity index (χ3v) is 5.80. The van der Waals surface area contributed by atoms with Gasteiger partial charge in [0.15, 0.2) is 5.69 Å². The van der Waals surface area contributed by atoms with Crippen molar-refractivity contribution in [3.8, 4) is 0 Å². The highest BCUT2D eigenvalue weighted by Crippen LogP contribution is 2.26. The molecule has 0 saturated carbocycles. The van der Waals surface area contributed by atoms with Crippen LogP contribution in [-0.2, 0) is 11.3 Å². The van der Waals surface area contributed by atoms with Gasteiger partial charge in [-0.15, -0.1) is 0 Å². The molecule has 9 nitrogen and oxygen atoms in total. The molecular formula is C21H26N6O3S. The number of nitrogens with two attached hydrogens (primary N) is 1. The first-order valence-electron chi connectivity index (χ1n) is 10.2. The minimum atomic E-state index is -0.656. The zero-order valence-electron chi connectivity index (χ0n) is 17.6. The normalized spacial score (nSPS) is 11.0. The van der Waals surface area contributed by atoms with E-state index in [9.17, 15) is 14.4 Å². The van der Waals surface area contributed by atoms with E-state index in [0.717, 1.165) is 17.3 Å². The second kappa shape index (κ2) is 10.3. The molecule has 2 aromatic heterocycles. The number of para-hydroxylation sites is 1. The number of amides is 1. The van der Waals surface area contributed by atoms with Gasteiger partial charge < -0.3 is 10.6 Å². The Labute approximate surface area is 183 Å². The second-order valence-electron chi connectivity index (χ2n) is 7.03. The summed E-state index contributed by atoms with van der Waals surface area (Å²) in [6, 6.07) is 7.57. The van der Waals surface area contributed by atoms with Crippen LogP contribution in [0.4, 0.5) is 11.5 Å². The number of aromatic nitrogens is 4. The molecule has 0 aliphatic carbocycles. The highest BCUT2D eigenvalue weighted by Gasteiger charge is 2.24. The number of carbonyl (C=O) groups is 1. The van der Waals surface area contributed by atoms with Crippen LogP contribution in [0.5, 0.6) is 0 Å². The van der Waals surface area contributed by atoms with Gasteiger partial charge in [0.1, 0.15) is 17.2 Å². The lowest BCUT2D eigenvalue weighted by Crippen LogP contribution is -2.42. The number of aromatic amines is 1. The van der Waals surface area contributed by atoms with E-state index in [0.29, 0.717) is 31.0 Å². The second-order valence-corrected chi connectivity index (χ2v) is 7.99. The van der Waals surface area contributed by atoms with E-state index < -0.39 is 11.2 Å². The first-order chi connectivity index (χ1) is 15.0.